The standard InChI is InChI=1S/C11H11N2O2/c1-9-2-4-10(5-3-9)13-7-6-12(8-14)11(13)15/h2-5,8H,1,6-7H2. The van der Waals surface area contributed by atoms with Crippen LogP contribution >= 0.6 is 0 Å². The molecule has 1 aromatic rings. The summed E-state index contributed by atoms with van der Waals surface area (Å²) in [6.45, 7) is 4.77. The zero-order chi connectivity index (χ0) is 10.8. The molecule has 77 valence electrons. The minimum Gasteiger partial charge on any atom is -0.292 e. The van der Waals surface area contributed by atoms with Crippen molar-refractivity contribution in [2.45, 2.75) is 0 Å². The molecule has 0 saturated carbocycles. The topological polar surface area (TPSA) is 40.6 Å². The van der Waals surface area contributed by atoms with Crippen LogP contribution in [-0.4, -0.2) is 30.4 Å². The first-order valence-electron chi connectivity index (χ1n) is 4.68. The fourth-order valence-electron chi connectivity index (χ4n) is 1.57. The second kappa shape index (κ2) is 3.73. The highest BCUT2D eigenvalue weighted by atomic mass is 16.2. The molecule has 15 heavy (non-hydrogen) atoms. The third-order valence-corrected chi connectivity index (χ3v) is 2.42. The lowest BCUT2D eigenvalue weighted by molar-refractivity contribution is -0.115. The van der Waals surface area contributed by atoms with Crippen LogP contribution in [0.25, 0.3) is 0 Å². The summed E-state index contributed by atoms with van der Waals surface area (Å²) in [7, 11) is 0. The van der Waals surface area contributed by atoms with Crippen molar-refractivity contribution in [2.75, 3.05) is 18.0 Å². The molecule has 0 N–H and O–H groups in total. The Morgan fingerprint density at radius 2 is 1.87 bits per heavy atom. The number of urea groups is 1. The van der Waals surface area contributed by atoms with Crippen molar-refractivity contribution >= 4 is 18.1 Å². The first-order chi connectivity index (χ1) is 7.22. The largest absolute Gasteiger partial charge is 0.331 e. The first kappa shape index (κ1) is 9.71. The van der Waals surface area contributed by atoms with Gasteiger partial charge in [0.1, 0.15) is 0 Å². The van der Waals surface area contributed by atoms with Crippen LogP contribution in [0.1, 0.15) is 5.56 Å². The Kier molecular flexibility index (Phi) is 2.41. The van der Waals surface area contributed by atoms with Crippen molar-refractivity contribution in [1.29, 1.82) is 0 Å². The zero-order valence-corrected chi connectivity index (χ0v) is 8.22. The molecule has 0 unspecified atom stereocenters. The van der Waals surface area contributed by atoms with Crippen molar-refractivity contribution in [3.8, 4) is 0 Å². The molecule has 1 aliphatic heterocycles. The minimum absolute atomic E-state index is 0.262. The summed E-state index contributed by atoms with van der Waals surface area (Å²) in [6, 6.07) is 7.07. The van der Waals surface area contributed by atoms with Gasteiger partial charge in [-0.1, -0.05) is 12.1 Å². The number of hydrogen-bond acceptors (Lipinski definition) is 2. The molecule has 3 amide bonds. The Labute approximate surface area is 88.1 Å². The molecule has 1 fully saturated rings. The Hall–Kier alpha value is -1.84. The molecule has 0 aliphatic carbocycles. The molecule has 1 heterocycles. The van der Waals surface area contributed by atoms with Gasteiger partial charge in [0.05, 0.1) is 0 Å². The molecule has 1 aromatic carbocycles. The fraction of sp³-hybridized carbons (Fsp3) is 0.182. The van der Waals surface area contributed by atoms with E-state index in [-0.39, 0.29) is 6.03 Å². The van der Waals surface area contributed by atoms with Gasteiger partial charge in [-0.15, -0.1) is 0 Å². The average Bonchev–Trinajstić information content (AvgIpc) is 2.61. The van der Waals surface area contributed by atoms with Crippen molar-refractivity contribution in [2.24, 2.45) is 0 Å². The molecular formula is C11H11N2O2. The van der Waals surface area contributed by atoms with Gasteiger partial charge in [-0.05, 0) is 24.6 Å². The van der Waals surface area contributed by atoms with E-state index in [2.05, 4.69) is 6.92 Å². The molecular weight excluding hydrogens is 192 g/mol. The molecule has 0 spiro atoms. The van der Waals surface area contributed by atoms with E-state index in [1.165, 1.54) is 0 Å². The van der Waals surface area contributed by atoms with Crippen LogP contribution in [0.3, 0.4) is 0 Å². The van der Waals surface area contributed by atoms with Gasteiger partial charge in [0.2, 0.25) is 6.41 Å². The van der Waals surface area contributed by atoms with Crippen molar-refractivity contribution in [3.05, 3.63) is 36.8 Å². The monoisotopic (exact) mass is 203 g/mol. The molecule has 0 aromatic heterocycles. The molecule has 2 rings (SSSR count). The summed E-state index contributed by atoms with van der Waals surface area (Å²) in [5, 5.41) is 0. The van der Waals surface area contributed by atoms with Gasteiger partial charge in [-0.3, -0.25) is 14.6 Å². The lowest BCUT2D eigenvalue weighted by Crippen LogP contribution is -2.30. The molecule has 4 nitrogen and oxygen atoms in total. The Morgan fingerprint density at radius 1 is 1.20 bits per heavy atom. The minimum atomic E-state index is -0.262. The molecule has 1 radical (unpaired) electrons. The Morgan fingerprint density at radius 3 is 2.40 bits per heavy atom. The number of amides is 3. The van der Waals surface area contributed by atoms with E-state index < -0.39 is 0 Å². The summed E-state index contributed by atoms with van der Waals surface area (Å²) in [6.07, 6.45) is 0.568. The number of imide groups is 1. The van der Waals surface area contributed by atoms with E-state index in [0.717, 1.165) is 16.2 Å². The highest BCUT2D eigenvalue weighted by Gasteiger charge is 2.28. The summed E-state index contributed by atoms with van der Waals surface area (Å²) >= 11 is 0. The third-order valence-electron chi connectivity index (χ3n) is 2.42. The van der Waals surface area contributed by atoms with Gasteiger partial charge in [-0.25, -0.2) is 4.79 Å². The molecule has 0 atom stereocenters. The van der Waals surface area contributed by atoms with Gasteiger partial charge >= 0.3 is 6.03 Å². The van der Waals surface area contributed by atoms with E-state index in [9.17, 15) is 9.59 Å². The third kappa shape index (κ3) is 1.70. The number of nitrogens with zero attached hydrogens (tertiary/aromatic N) is 2. The van der Waals surface area contributed by atoms with Gasteiger partial charge in [0.15, 0.2) is 0 Å². The van der Waals surface area contributed by atoms with E-state index in [1.807, 2.05) is 24.3 Å². The van der Waals surface area contributed by atoms with Crippen molar-refractivity contribution in [1.82, 2.24) is 4.90 Å². The van der Waals surface area contributed by atoms with E-state index >= 15 is 0 Å². The van der Waals surface area contributed by atoms with Crippen LogP contribution in [0.4, 0.5) is 10.5 Å². The molecule has 1 aliphatic rings. The lowest BCUT2D eigenvalue weighted by atomic mass is 10.2. The number of carbonyl (C=O) groups excluding carboxylic acids is 2. The summed E-state index contributed by atoms with van der Waals surface area (Å²) in [5.74, 6) is 0. The molecule has 4 heteroatoms. The SMILES string of the molecule is [CH2]c1ccc(N2CCN(C=O)C2=O)cc1. The second-order valence-electron chi connectivity index (χ2n) is 3.40. The smallest absolute Gasteiger partial charge is 0.292 e. The number of benzene rings is 1. The fourth-order valence-corrected chi connectivity index (χ4v) is 1.57. The molecule has 1 saturated heterocycles. The van der Waals surface area contributed by atoms with Crippen LogP contribution in [0, 0.1) is 6.92 Å². The number of hydrogen-bond donors (Lipinski definition) is 0. The van der Waals surface area contributed by atoms with E-state index in [4.69, 9.17) is 0 Å². The number of carbonyl (C=O) groups is 2. The number of anilines is 1. The van der Waals surface area contributed by atoms with Crippen LogP contribution in [0.15, 0.2) is 24.3 Å². The Bertz CT molecular complexity index is 386. The van der Waals surface area contributed by atoms with Crippen LogP contribution in [0.5, 0.6) is 0 Å². The summed E-state index contributed by atoms with van der Waals surface area (Å²) in [5.41, 5.74) is 1.70. The quantitative estimate of drug-likeness (QED) is 0.679. The van der Waals surface area contributed by atoms with Gasteiger partial charge in [0.25, 0.3) is 0 Å². The lowest BCUT2D eigenvalue weighted by Gasteiger charge is -2.15. The van der Waals surface area contributed by atoms with Gasteiger partial charge < -0.3 is 0 Å². The van der Waals surface area contributed by atoms with Crippen LogP contribution < -0.4 is 4.90 Å². The van der Waals surface area contributed by atoms with Crippen LogP contribution in [-0.2, 0) is 4.79 Å². The highest BCUT2D eigenvalue weighted by Crippen LogP contribution is 2.19. The predicted octanol–water partition coefficient (Wildman–Crippen LogP) is 1.27. The maximum atomic E-state index is 11.6. The summed E-state index contributed by atoms with van der Waals surface area (Å²) in [4.78, 5) is 24.9. The predicted molar refractivity (Wildman–Crippen MR) is 56.4 cm³/mol. The second-order valence-corrected chi connectivity index (χ2v) is 3.40. The van der Waals surface area contributed by atoms with E-state index in [0.29, 0.717) is 19.5 Å². The van der Waals surface area contributed by atoms with Crippen molar-refractivity contribution < 1.29 is 9.59 Å². The maximum Gasteiger partial charge on any atom is 0.331 e. The number of rotatable bonds is 2. The van der Waals surface area contributed by atoms with Crippen molar-refractivity contribution in [3.63, 3.8) is 0 Å². The highest BCUT2D eigenvalue weighted by molar-refractivity contribution is 5.99. The first-order valence-corrected chi connectivity index (χ1v) is 4.68. The van der Waals surface area contributed by atoms with Crippen LogP contribution in [0.2, 0.25) is 0 Å². The summed E-state index contributed by atoms with van der Waals surface area (Å²) < 4.78 is 0. The van der Waals surface area contributed by atoms with E-state index in [1.54, 1.807) is 4.90 Å². The van der Waals surface area contributed by atoms with Gasteiger partial charge in [0, 0.05) is 18.8 Å². The van der Waals surface area contributed by atoms with Gasteiger partial charge in [-0.2, -0.15) is 0 Å². The normalized spacial score (nSPS) is 15.9. The Balaban J connectivity index is 2.22. The zero-order valence-electron chi connectivity index (χ0n) is 8.22. The maximum absolute atomic E-state index is 11.6. The average molecular weight is 203 g/mol. The molecule has 0 bridgehead atoms.